The molecule has 7 nitrogen and oxygen atoms in total. The summed E-state index contributed by atoms with van der Waals surface area (Å²) in [4.78, 5) is 15.0. The highest BCUT2D eigenvalue weighted by molar-refractivity contribution is 7.89. The molecule has 1 aliphatic heterocycles. The molecular weight excluding hydrogens is 390 g/mol. The molecular formula is C21H27N3O4S. The number of hydrogen-bond donors (Lipinski definition) is 1. The molecule has 8 heteroatoms. The standard InChI is InChI=1S/C21H27N3O4S/c1-16-8-10-18(11-9-16)29(26,27)24-14-12-23(13-15-24)17(2)21(25)22-19-6-4-5-7-20(19)28-3/h4-11,17H,12-15H2,1-3H3,(H,22,25)/t17-/m0/s1. The van der Waals surface area contributed by atoms with E-state index in [1.54, 1.807) is 43.5 Å². The van der Waals surface area contributed by atoms with Crippen LogP contribution in [0.15, 0.2) is 53.4 Å². The van der Waals surface area contributed by atoms with Gasteiger partial charge in [-0.3, -0.25) is 9.69 Å². The van der Waals surface area contributed by atoms with Crippen molar-refractivity contribution >= 4 is 21.6 Å². The summed E-state index contributed by atoms with van der Waals surface area (Å²) in [5.74, 6) is 0.450. The van der Waals surface area contributed by atoms with Crippen LogP contribution in [0.4, 0.5) is 5.69 Å². The normalized spacial score (nSPS) is 16.9. The van der Waals surface area contributed by atoms with Gasteiger partial charge in [0.2, 0.25) is 15.9 Å². The van der Waals surface area contributed by atoms with Crippen molar-refractivity contribution in [3.63, 3.8) is 0 Å². The average Bonchev–Trinajstić information content (AvgIpc) is 2.74. The van der Waals surface area contributed by atoms with Crippen LogP contribution < -0.4 is 10.1 Å². The maximum atomic E-state index is 12.8. The Hall–Kier alpha value is -2.42. The van der Waals surface area contributed by atoms with Gasteiger partial charge < -0.3 is 10.1 Å². The Morgan fingerprint density at radius 1 is 1.03 bits per heavy atom. The Kier molecular flexibility index (Phi) is 6.56. The smallest absolute Gasteiger partial charge is 0.243 e. The number of aryl methyl sites for hydroxylation is 1. The molecule has 0 aliphatic carbocycles. The van der Waals surface area contributed by atoms with Gasteiger partial charge in [-0.25, -0.2) is 8.42 Å². The first kappa shape index (κ1) is 21.3. The van der Waals surface area contributed by atoms with E-state index in [2.05, 4.69) is 5.32 Å². The van der Waals surface area contributed by atoms with Gasteiger partial charge in [-0.2, -0.15) is 4.31 Å². The van der Waals surface area contributed by atoms with E-state index in [4.69, 9.17) is 4.74 Å². The number of nitrogens with one attached hydrogen (secondary N) is 1. The number of anilines is 1. The number of carbonyl (C=O) groups excluding carboxylic acids is 1. The molecule has 1 atom stereocenters. The van der Waals surface area contributed by atoms with E-state index in [1.165, 1.54) is 4.31 Å². The summed E-state index contributed by atoms with van der Waals surface area (Å²) in [6, 6.07) is 13.7. The van der Waals surface area contributed by atoms with Gasteiger partial charge in [-0.05, 0) is 38.1 Å². The second-order valence-electron chi connectivity index (χ2n) is 7.12. The van der Waals surface area contributed by atoms with Crippen LogP contribution in [0.1, 0.15) is 12.5 Å². The van der Waals surface area contributed by atoms with Crippen molar-refractivity contribution in [2.75, 3.05) is 38.6 Å². The van der Waals surface area contributed by atoms with Crippen LogP contribution in [0.2, 0.25) is 0 Å². The third kappa shape index (κ3) is 4.77. The fourth-order valence-corrected chi connectivity index (χ4v) is 4.76. The number of amides is 1. The minimum atomic E-state index is -3.52. The summed E-state index contributed by atoms with van der Waals surface area (Å²) in [5, 5.41) is 2.89. The second-order valence-corrected chi connectivity index (χ2v) is 9.06. The number of para-hydroxylation sites is 2. The molecule has 1 fully saturated rings. The number of ether oxygens (including phenoxy) is 1. The minimum Gasteiger partial charge on any atom is -0.495 e. The summed E-state index contributed by atoms with van der Waals surface area (Å²) >= 11 is 0. The molecule has 0 bridgehead atoms. The van der Waals surface area contributed by atoms with Gasteiger partial charge in [-0.1, -0.05) is 29.8 Å². The number of nitrogens with zero attached hydrogens (tertiary/aromatic N) is 2. The van der Waals surface area contributed by atoms with Gasteiger partial charge in [0.15, 0.2) is 0 Å². The van der Waals surface area contributed by atoms with Gasteiger partial charge in [0.05, 0.1) is 23.7 Å². The number of hydrogen-bond acceptors (Lipinski definition) is 5. The lowest BCUT2D eigenvalue weighted by Crippen LogP contribution is -2.53. The highest BCUT2D eigenvalue weighted by atomic mass is 32.2. The predicted molar refractivity (Wildman–Crippen MR) is 113 cm³/mol. The summed E-state index contributed by atoms with van der Waals surface area (Å²) in [6.45, 7) is 5.43. The van der Waals surface area contributed by atoms with Crippen LogP contribution in [-0.4, -0.2) is 62.9 Å². The molecule has 0 unspecified atom stereocenters. The second kappa shape index (κ2) is 8.94. The molecule has 1 aliphatic rings. The van der Waals surface area contributed by atoms with E-state index in [-0.39, 0.29) is 11.9 Å². The molecule has 1 N–H and O–H groups in total. The lowest BCUT2D eigenvalue weighted by Gasteiger charge is -2.36. The number of piperazine rings is 1. The molecule has 0 saturated carbocycles. The van der Waals surface area contributed by atoms with Gasteiger partial charge in [0.1, 0.15) is 5.75 Å². The maximum absolute atomic E-state index is 12.8. The maximum Gasteiger partial charge on any atom is 0.243 e. The Bertz CT molecular complexity index is 952. The molecule has 1 saturated heterocycles. The first-order valence-electron chi connectivity index (χ1n) is 9.57. The number of benzene rings is 2. The topological polar surface area (TPSA) is 79.0 Å². The van der Waals surface area contributed by atoms with Crippen molar-refractivity contribution in [3.8, 4) is 5.75 Å². The van der Waals surface area contributed by atoms with E-state index in [9.17, 15) is 13.2 Å². The van der Waals surface area contributed by atoms with Gasteiger partial charge in [-0.15, -0.1) is 0 Å². The van der Waals surface area contributed by atoms with Crippen molar-refractivity contribution < 1.29 is 17.9 Å². The van der Waals surface area contributed by atoms with Crippen molar-refractivity contribution in [2.45, 2.75) is 24.8 Å². The average molecular weight is 418 g/mol. The minimum absolute atomic E-state index is 0.149. The van der Waals surface area contributed by atoms with Crippen LogP contribution in [-0.2, 0) is 14.8 Å². The SMILES string of the molecule is COc1ccccc1NC(=O)[C@H](C)N1CCN(S(=O)(=O)c2ccc(C)cc2)CC1. The monoisotopic (exact) mass is 417 g/mol. The highest BCUT2D eigenvalue weighted by Crippen LogP contribution is 2.24. The molecule has 156 valence electrons. The summed E-state index contributed by atoms with van der Waals surface area (Å²) < 4.78 is 32.4. The summed E-state index contributed by atoms with van der Waals surface area (Å²) in [7, 11) is -1.96. The van der Waals surface area contributed by atoms with Crippen LogP contribution in [0, 0.1) is 6.92 Å². The number of rotatable bonds is 6. The van der Waals surface area contributed by atoms with Crippen LogP contribution >= 0.6 is 0 Å². The first-order chi connectivity index (χ1) is 13.8. The number of methoxy groups -OCH3 is 1. The van der Waals surface area contributed by atoms with E-state index in [1.807, 2.05) is 30.9 Å². The molecule has 2 aromatic carbocycles. The molecule has 2 aromatic rings. The third-order valence-electron chi connectivity index (χ3n) is 5.22. The van der Waals surface area contributed by atoms with E-state index >= 15 is 0 Å². The predicted octanol–water partition coefficient (Wildman–Crippen LogP) is 2.34. The highest BCUT2D eigenvalue weighted by Gasteiger charge is 2.31. The van der Waals surface area contributed by atoms with E-state index in [0.29, 0.717) is 42.5 Å². The number of sulfonamides is 1. The van der Waals surface area contributed by atoms with Crippen molar-refractivity contribution in [3.05, 3.63) is 54.1 Å². The van der Waals surface area contributed by atoms with Crippen LogP contribution in [0.5, 0.6) is 5.75 Å². The molecule has 0 aromatic heterocycles. The fourth-order valence-electron chi connectivity index (χ4n) is 3.34. The van der Waals surface area contributed by atoms with Crippen molar-refractivity contribution in [2.24, 2.45) is 0 Å². The van der Waals surface area contributed by atoms with Crippen molar-refractivity contribution in [1.82, 2.24) is 9.21 Å². The van der Waals surface area contributed by atoms with Crippen molar-refractivity contribution in [1.29, 1.82) is 0 Å². The Labute approximate surface area is 172 Å². The lowest BCUT2D eigenvalue weighted by atomic mass is 10.2. The summed E-state index contributed by atoms with van der Waals surface area (Å²) in [5.41, 5.74) is 1.64. The zero-order chi connectivity index (χ0) is 21.0. The zero-order valence-corrected chi connectivity index (χ0v) is 17.8. The third-order valence-corrected chi connectivity index (χ3v) is 7.14. The quantitative estimate of drug-likeness (QED) is 0.781. The van der Waals surface area contributed by atoms with Crippen LogP contribution in [0.3, 0.4) is 0 Å². The van der Waals surface area contributed by atoms with E-state index in [0.717, 1.165) is 5.56 Å². The molecule has 1 heterocycles. The van der Waals surface area contributed by atoms with Gasteiger partial charge in [0.25, 0.3) is 0 Å². The first-order valence-corrected chi connectivity index (χ1v) is 11.0. The van der Waals surface area contributed by atoms with Gasteiger partial charge in [0, 0.05) is 26.2 Å². The fraction of sp³-hybridized carbons (Fsp3) is 0.381. The molecule has 1 amide bonds. The molecule has 29 heavy (non-hydrogen) atoms. The zero-order valence-electron chi connectivity index (χ0n) is 17.0. The molecule has 0 radical (unpaired) electrons. The van der Waals surface area contributed by atoms with E-state index < -0.39 is 10.0 Å². The lowest BCUT2D eigenvalue weighted by molar-refractivity contribution is -0.121. The molecule has 0 spiro atoms. The Morgan fingerprint density at radius 3 is 2.28 bits per heavy atom. The Balaban J connectivity index is 1.61. The molecule has 3 rings (SSSR count). The van der Waals surface area contributed by atoms with Crippen LogP contribution in [0.25, 0.3) is 0 Å². The Morgan fingerprint density at radius 2 is 1.66 bits per heavy atom. The largest absolute Gasteiger partial charge is 0.495 e. The summed E-state index contributed by atoms with van der Waals surface area (Å²) in [6.07, 6.45) is 0. The van der Waals surface area contributed by atoms with Gasteiger partial charge >= 0.3 is 0 Å². The number of carbonyl (C=O) groups is 1.